The second kappa shape index (κ2) is 6.72. The molecule has 3 heterocycles. The van der Waals surface area contributed by atoms with Crippen molar-refractivity contribution in [3.8, 4) is 0 Å². The lowest BCUT2D eigenvalue weighted by atomic mass is 9.91. The molecular weight excluding hydrogens is 314 g/mol. The zero-order valence-corrected chi connectivity index (χ0v) is 15.2. The number of fused-ring (bicyclic) bond motifs is 1. The third-order valence-electron chi connectivity index (χ3n) is 5.99. The van der Waals surface area contributed by atoms with E-state index in [1.807, 2.05) is 6.07 Å². The fourth-order valence-corrected chi connectivity index (χ4v) is 4.37. The maximum Gasteiger partial charge on any atom is 0.110 e. The molecule has 136 valence electrons. The molecule has 2 atom stereocenters. The predicted octanol–water partition coefficient (Wildman–Crippen LogP) is 2.56. The maximum absolute atomic E-state index is 10.8. The number of rotatable bonds is 4. The van der Waals surface area contributed by atoms with Gasteiger partial charge >= 0.3 is 0 Å². The van der Waals surface area contributed by atoms with Gasteiger partial charge < -0.3 is 19.7 Å². The standard InChI is InChI=1S/C20H29N3O2/c1-15-23(14-20(25-15)9-11-22(2)12-10-20)19(24)8-7-16-13-21-18-6-4-3-5-17(16)18/h3-6,13,15,19,21,24H,7-12,14H2,1-2H3. The number of aliphatic hydroxyl groups excluding tert-OH is 1. The van der Waals surface area contributed by atoms with Crippen molar-refractivity contribution in [3.05, 3.63) is 36.0 Å². The number of hydrogen-bond donors (Lipinski definition) is 2. The predicted molar refractivity (Wildman–Crippen MR) is 99.3 cm³/mol. The van der Waals surface area contributed by atoms with E-state index in [4.69, 9.17) is 4.74 Å². The Labute approximate surface area is 149 Å². The van der Waals surface area contributed by atoms with Crippen LogP contribution in [-0.2, 0) is 11.2 Å². The number of aliphatic hydroxyl groups is 1. The number of nitrogens with zero attached hydrogens (tertiary/aromatic N) is 2. The second-order valence-electron chi connectivity index (χ2n) is 7.75. The Morgan fingerprint density at radius 1 is 1.32 bits per heavy atom. The molecule has 2 fully saturated rings. The third-order valence-corrected chi connectivity index (χ3v) is 5.99. The summed E-state index contributed by atoms with van der Waals surface area (Å²) in [7, 11) is 2.17. The monoisotopic (exact) mass is 343 g/mol. The van der Waals surface area contributed by atoms with Gasteiger partial charge in [0.15, 0.2) is 0 Å². The van der Waals surface area contributed by atoms with Crippen LogP contribution in [0.2, 0.25) is 0 Å². The topological polar surface area (TPSA) is 51.7 Å². The molecule has 0 aliphatic carbocycles. The van der Waals surface area contributed by atoms with Crippen LogP contribution in [0, 0.1) is 0 Å². The first-order valence-electron chi connectivity index (χ1n) is 9.41. The first kappa shape index (κ1) is 17.0. The van der Waals surface area contributed by atoms with E-state index in [1.54, 1.807) is 0 Å². The van der Waals surface area contributed by atoms with Gasteiger partial charge in [-0.25, -0.2) is 4.90 Å². The smallest absolute Gasteiger partial charge is 0.110 e. The largest absolute Gasteiger partial charge is 0.378 e. The minimum absolute atomic E-state index is 0.0126. The van der Waals surface area contributed by atoms with Gasteiger partial charge in [0.1, 0.15) is 12.5 Å². The summed E-state index contributed by atoms with van der Waals surface area (Å²) < 4.78 is 6.31. The van der Waals surface area contributed by atoms with Gasteiger partial charge in [-0.2, -0.15) is 0 Å². The van der Waals surface area contributed by atoms with Crippen molar-refractivity contribution < 1.29 is 9.84 Å². The highest BCUT2D eigenvalue weighted by Gasteiger charge is 2.46. The average Bonchev–Trinajstić information content (AvgIpc) is 3.17. The molecule has 5 nitrogen and oxygen atoms in total. The molecule has 0 amide bonds. The molecule has 25 heavy (non-hydrogen) atoms. The molecule has 5 heteroatoms. The highest BCUT2D eigenvalue weighted by atomic mass is 16.5. The maximum atomic E-state index is 10.8. The molecule has 2 aliphatic heterocycles. The number of aromatic amines is 1. The first-order chi connectivity index (χ1) is 12.1. The Kier molecular flexibility index (Phi) is 4.58. The molecule has 2 saturated heterocycles. The summed E-state index contributed by atoms with van der Waals surface area (Å²) in [6.45, 7) is 5.07. The van der Waals surface area contributed by atoms with E-state index in [-0.39, 0.29) is 11.8 Å². The Morgan fingerprint density at radius 2 is 2.08 bits per heavy atom. The van der Waals surface area contributed by atoms with E-state index in [2.05, 4.69) is 53.2 Å². The summed E-state index contributed by atoms with van der Waals surface area (Å²) >= 11 is 0. The molecule has 2 N–H and O–H groups in total. The number of nitrogens with one attached hydrogen (secondary N) is 1. The SMILES string of the molecule is CC1OC2(CCN(C)CC2)CN1C(O)CCc1c[nH]c2ccccc12. The lowest BCUT2D eigenvalue weighted by Crippen LogP contribution is -2.46. The van der Waals surface area contributed by atoms with Crippen molar-refractivity contribution in [2.75, 3.05) is 26.7 Å². The molecule has 1 spiro atoms. The number of aryl methyl sites for hydroxylation is 1. The number of ether oxygens (including phenoxy) is 1. The molecule has 0 bridgehead atoms. The molecular formula is C20H29N3O2. The highest BCUT2D eigenvalue weighted by Crippen LogP contribution is 2.36. The van der Waals surface area contributed by atoms with Crippen molar-refractivity contribution in [2.45, 2.75) is 50.7 Å². The van der Waals surface area contributed by atoms with Crippen molar-refractivity contribution >= 4 is 10.9 Å². The number of para-hydroxylation sites is 1. The van der Waals surface area contributed by atoms with Gasteiger partial charge in [0, 0.05) is 36.7 Å². The van der Waals surface area contributed by atoms with Gasteiger partial charge in [0.05, 0.1) is 5.60 Å². The molecule has 0 radical (unpaired) electrons. The van der Waals surface area contributed by atoms with Crippen LogP contribution >= 0.6 is 0 Å². The molecule has 4 rings (SSSR count). The normalized spacial score (nSPS) is 25.8. The van der Waals surface area contributed by atoms with Gasteiger partial charge in [-0.1, -0.05) is 18.2 Å². The van der Waals surface area contributed by atoms with E-state index < -0.39 is 6.23 Å². The number of piperidine rings is 1. The lowest BCUT2D eigenvalue weighted by molar-refractivity contribution is -0.0969. The molecule has 0 saturated carbocycles. The van der Waals surface area contributed by atoms with Crippen LogP contribution in [0.15, 0.2) is 30.5 Å². The van der Waals surface area contributed by atoms with Crippen LogP contribution in [0.25, 0.3) is 10.9 Å². The second-order valence-corrected chi connectivity index (χ2v) is 7.75. The lowest BCUT2D eigenvalue weighted by Gasteiger charge is -2.36. The van der Waals surface area contributed by atoms with Crippen LogP contribution < -0.4 is 0 Å². The van der Waals surface area contributed by atoms with Gasteiger partial charge in [-0.05, 0) is 51.3 Å². The Balaban J connectivity index is 1.39. The van der Waals surface area contributed by atoms with E-state index in [0.29, 0.717) is 0 Å². The average molecular weight is 343 g/mol. The quantitative estimate of drug-likeness (QED) is 0.896. The molecule has 1 aromatic carbocycles. The van der Waals surface area contributed by atoms with E-state index in [9.17, 15) is 5.11 Å². The molecule has 1 aromatic heterocycles. The fraction of sp³-hybridized carbons (Fsp3) is 0.600. The Hall–Kier alpha value is -1.40. The minimum atomic E-state index is -0.456. The van der Waals surface area contributed by atoms with E-state index >= 15 is 0 Å². The van der Waals surface area contributed by atoms with Crippen molar-refractivity contribution in [1.82, 2.24) is 14.8 Å². The van der Waals surface area contributed by atoms with Crippen molar-refractivity contribution in [1.29, 1.82) is 0 Å². The fourth-order valence-electron chi connectivity index (χ4n) is 4.37. The number of benzene rings is 1. The van der Waals surface area contributed by atoms with Crippen LogP contribution in [0.5, 0.6) is 0 Å². The van der Waals surface area contributed by atoms with Crippen LogP contribution in [-0.4, -0.2) is 64.6 Å². The highest BCUT2D eigenvalue weighted by molar-refractivity contribution is 5.82. The molecule has 2 aliphatic rings. The van der Waals surface area contributed by atoms with Crippen LogP contribution in [0.4, 0.5) is 0 Å². The van der Waals surface area contributed by atoms with Gasteiger partial charge in [0.25, 0.3) is 0 Å². The van der Waals surface area contributed by atoms with Crippen molar-refractivity contribution in [3.63, 3.8) is 0 Å². The van der Waals surface area contributed by atoms with Gasteiger partial charge in [-0.3, -0.25) is 0 Å². The van der Waals surface area contributed by atoms with E-state index in [1.165, 1.54) is 10.9 Å². The third kappa shape index (κ3) is 3.34. The summed E-state index contributed by atoms with van der Waals surface area (Å²) in [6, 6.07) is 8.34. The molecule has 2 aromatic rings. The summed E-state index contributed by atoms with van der Waals surface area (Å²) in [5.41, 5.74) is 2.37. The summed E-state index contributed by atoms with van der Waals surface area (Å²) in [6.07, 6.45) is 5.30. The van der Waals surface area contributed by atoms with E-state index in [0.717, 1.165) is 50.8 Å². The minimum Gasteiger partial charge on any atom is -0.378 e. The van der Waals surface area contributed by atoms with Gasteiger partial charge in [0.2, 0.25) is 0 Å². The number of H-pyrrole nitrogens is 1. The summed E-state index contributed by atoms with van der Waals surface area (Å²) in [4.78, 5) is 7.81. The Bertz CT molecular complexity index is 721. The Morgan fingerprint density at radius 3 is 2.88 bits per heavy atom. The van der Waals surface area contributed by atoms with Crippen LogP contribution in [0.3, 0.4) is 0 Å². The zero-order valence-electron chi connectivity index (χ0n) is 15.2. The molecule has 2 unspecified atom stereocenters. The van der Waals surface area contributed by atoms with Crippen LogP contribution in [0.1, 0.15) is 31.7 Å². The zero-order chi connectivity index (χ0) is 17.4. The summed E-state index contributed by atoms with van der Waals surface area (Å²) in [5, 5.41) is 12.0. The number of hydrogen-bond acceptors (Lipinski definition) is 4. The first-order valence-corrected chi connectivity index (χ1v) is 9.41. The summed E-state index contributed by atoms with van der Waals surface area (Å²) in [5.74, 6) is 0. The number of likely N-dealkylation sites (tertiary alicyclic amines) is 1. The number of aromatic nitrogens is 1. The van der Waals surface area contributed by atoms with Gasteiger partial charge in [-0.15, -0.1) is 0 Å². The van der Waals surface area contributed by atoms with Crippen molar-refractivity contribution in [2.24, 2.45) is 0 Å².